The van der Waals surface area contributed by atoms with E-state index < -0.39 is 17.3 Å². The van der Waals surface area contributed by atoms with Gasteiger partial charge in [0.15, 0.2) is 12.4 Å². The molecule has 0 bridgehead atoms. The first kappa shape index (κ1) is 20.0. The Labute approximate surface area is 156 Å². The lowest BCUT2D eigenvalue weighted by atomic mass is 9.90. The highest BCUT2D eigenvalue weighted by atomic mass is 16.5. The second kappa shape index (κ2) is 8.88. The average molecular weight is 374 g/mol. The van der Waals surface area contributed by atoms with Crippen molar-refractivity contribution in [1.82, 2.24) is 5.32 Å². The highest BCUT2D eigenvalue weighted by molar-refractivity contribution is 6.02. The number of carbonyl (C=O) groups is 3. The van der Waals surface area contributed by atoms with Crippen molar-refractivity contribution in [3.63, 3.8) is 0 Å². The van der Waals surface area contributed by atoms with Gasteiger partial charge in [-0.25, -0.2) is 0 Å². The Bertz CT molecular complexity index is 798. The van der Waals surface area contributed by atoms with E-state index >= 15 is 0 Å². The van der Waals surface area contributed by atoms with Crippen LogP contribution >= 0.6 is 0 Å². The van der Waals surface area contributed by atoms with Crippen LogP contribution in [0.25, 0.3) is 0 Å². The molecule has 0 saturated heterocycles. The first-order valence-corrected chi connectivity index (χ1v) is 8.36. The van der Waals surface area contributed by atoms with Crippen LogP contribution in [-0.4, -0.2) is 36.0 Å². The fourth-order valence-corrected chi connectivity index (χ4v) is 2.09. The van der Waals surface area contributed by atoms with Crippen LogP contribution in [-0.2, 0) is 9.59 Å². The zero-order valence-electron chi connectivity index (χ0n) is 15.2. The summed E-state index contributed by atoms with van der Waals surface area (Å²) >= 11 is 0. The van der Waals surface area contributed by atoms with Crippen LogP contribution in [0.1, 0.15) is 30.8 Å². The van der Waals surface area contributed by atoms with E-state index in [2.05, 4.69) is 10.6 Å². The van der Waals surface area contributed by atoms with Crippen LogP contribution in [0.2, 0.25) is 0 Å². The Kier molecular flexibility index (Phi) is 6.59. The quantitative estimate of drug-likeness (QED) is 0.621. The summed E-state index contributed by atoms with van der Waals surface area (Å²) in [7, 11) is 0. The lowest BCUT2D eigenvalue weighted by molar-refractivity contribution is -0.147. The highest BCUT2D eigenvalue weighted by Crippen LogP contribution is 2.20. The van der Waals surface area contributed by atoms with E-state index in [0.29, 0.717) is 17.9 Å². The van der Waals surface area contributed by atoms with Crippen LogP contribution in [0, 0.1) is 5.41 Å². The number of hydrogen-bond acceptors (Lipinski definition) is 5. The number of nitrogens with one attached hydrogen (secondary N) is 2. The number of furan rings is 1. The van der Waals surface area contributed by atoms with E-state index in [-0.39, 0.29) is 24.8 Å². The average Bonchev–Trinajstić information content (AvgIpc) is 3.15. The summed E-state index contributed by atoms with van der Waals surface area (Å²) in [5, 5.41) is 14.3. The molecule has 0 fully saturated rings. The van der Waals surface area contributed by atoms with Crippen molar-refractivity contribution in [1.29, 1.82) is 0 Å². The third kappa shape index (κ3) is 6.18. The molecule has 0 aliphatic carbocycles. The second-order valence-corrected chi connectivity index (χ2v) is 6.54. The Balaban J connectivity index is 1.79. The number of aliphatic carboxylic acids is 1. The molecule has 0 aliphatic rings. The van der Waals surface area contributed by atoms with Crippen molar-refractivity contribution in [2.75, 3.05) is 18.5 Å². The summed E-state index contributed by atoms with van der Waals surface area (Å²) in [5.74, 6) is -1.07. The number of hydrogen-bond donors (Lipinski definition) is 3. The summed E-state index contributed by atoms with van der Waals surface area (Å²) in [4.78, 5) is 34.8. The van der Waals surface area contributed by atoms with E-state index in [1.54, 1.807) is 50.2 Å². The molecule has 0 unspecified atom stereocenters. The summed E-state index contributed by atoms with van der Waals surface area (Å²) in [5.41, 5.74) is -0.410. The lowest BCUT2D eigenvalue weighted by Crippen LogP contribution is -2.34. The Morgan fingerprint density at radius 1 is 1.19 bits per heavy atom. The van der Waals surface area contributed by atoms with E-state index in [4.69, 9.17) is 14.3 Å². The number of carbonyl (C=O) groups excluding carboxylic acids is 2. The third-order valence-electron chi connectivity index (χ3n) is 3.86. The number of carboxylic acid groups (broad SMARTS) is 1. The summed E-state index contributed by atoms with van der Waals surface area (Å²) < 4.78 is 10.4. The van der Waals surface area contributed by atoms with Gasteiger partial charge >= 0.3 is 5.97 Å². The van der Waals surface area contributed by atoms with E-state index in [0.717, 1.165) is 0 Å². The van der Waals surface area contributed by atoms with Crippen LogP contribution in [0.3, 0.4) is 0 Å². The zero-order chi connectivity index (χ0) is 19.9. The summed E-state index contributed by atoms with van der Waals surface area (Å²) in [6.45, 7) is 3.21. The molecule has 8 heteroatoms. The van der Waals surface area contributed by atoms with Gasteiger partial charge in [-0.05, 0) is 44.5 Å². The molecule has 144 valence electrons. The lowest BCUT2D eigenvalue weighted by Gasteiger charge is -2.18. The van der Waals surface area contributed by atoms with Crippen LogP contribution < -0.4 is 15.4 Å². The number of anilines is 1. The van der Waals surface area contributed by atoms with Gasteiger partial charge in [0.1, 0.15) is 5.75 Å². The SMILES string of the molecule is CC(C)(CCNC(=O)COc1cccc(NC(=O)c2ccco2)c1)C(=O)O. The van der Waals surface area contributed by atoms with Gasteiger partial charge in [-0.1, -0.05) is 6.07 Å². The molecule has 2 amide bonds. The molecule has 3 N–H and O–H groups in total. The largest absolute Gasteiger partial charge is 0.484 e. The number of rotatable bonds is 9. The van der Waals surface area contributed by atoms with Gasteiger partial charge in [0.25, 0.3) is 11.8 Å². The fourth-order valence-electron chi connectivity index (χ4n) is 2.09. The molecule has 0 radical (unpaired) electrons. The first-order chi connectivity index (χ1) is 12.8. The monoisotopic (exact) mass is 374 g/mol. The molecular weight excluding hydrogens is 352 g/mol. The minimum atomic E-state index is -0.915. The molecule has 27 heavy (non-hydrogen) atoms. The minimum absolute atomic E-state index is 0.185. The van der Waals surface area contributed by atoms with Crippen molar-refractivity contribution < 1.29 is 28.6 Å². The predicted molar refractivity (Wildman–Crippen MR) is 97.6 cm³/mol. The van der Waals surface area contributed by atoms with Crippen molar-refractivity contribution in [2.45, 2.75) is 20.3 Å². The molecule has 2 aromatic rings. The zero-order valence-corrected chi connectivity index (χ0v) is 15.2. The number of amides is 2. The van der Waals surface area contributed by atoms with E-state index in [1.165, 1.54) is 6.26 Å². The fraction of sp³-hybridized carbons (Fsp3) is 0.316. The Morgan fingerprint density at radius 3 is 2.63 bits per heavy atom. The van der Waals surface area contributed by atoms with Crippen molar-refractivity contribution in [3.8, 4) is 5.75 Å². The molecule has 1 aromatic carbocycles. The predicted octanol–water partition coefficient (Wildman–Crippen LogP) is 2.53. The minimum Gasteiger partial charge on any atom is -0.484 e. The molecule has 1 heterocycles. The molecule has 0 saturated carbocycles. The second-order valence-electron chi connectivity index (χ2n) is 6.54. The van der Waals surface area contributed by atoms with Crippen LogP contribution in [0.4, 0.5) is 5.69 Å². The first-order valence-electron chi connectivity index (χ1n) is 8.36. The molecule has 8 nitrogen and oxygen atoms in total. The van der Waals surface area contributed by atoms with Gasteiger partial charge in [-0.15, -0.1) is 0 Å². The maximum atomic E-state index is 11.9. The number of benzene rings is 1. The molecule has 0 spiro atoms. The molecular formula is C19H22N2O6. The van der Waals surface area contributed by atoms with Crippen LogP contribution in [0.5, 0.6) is 5.75 Å². The van der Waals surface area contributed by atoms with Gasteiger partial charge < -0.3 is 24.9 Å². The normalized spacial score (nSPS) is 10.9. The van der Waals surface area contributed by atoms with Gasteiger partial charge in [-0.2, -0.15) is 0 Å². The van der Waals surface area contributed by atoms with Crippen molar-refractivity contribution >= 4 is 23.5 Å². The van der Waals surface area contributed by atoms with Gasteiger partial charge in [0.2, 0.25) is 0 Å². The Hall–Kier alpha value is -3.29. The molecule has 0 aliphatic heterocycles. The maximum Gasteiger partial charge on any atom is 0.309 e. The summed E-state index contributed by atoms with van der Waals surface area (Å²) in [6.07, 6.45) is 1.72. The third-order valence-corrected chi connectivity index (χ3v) is 3.86. The smallest absolute Gasteiger partial charge is 0.309 e. The van der Waals surface area contributed by atoms with E-state index in [1.807, 2.05) is 0 Å². The van der Waals surface area contributed by atoms with Crippen molar-refractivity contribution in [3.05, 3.63) is 48.4 Å². The molecule has 1 aromatic heterocycles. The number of ether oxygens (including phenoxy) is 1. The summed E-state index contributed by atoms with van der Waals surface area (Å²) in [6, 6.07) is 9.77. The van der Waals surface area contributed by atoms with Gasteiger partial charge in [0, 0.05) is 18.3 Å². The topological polar surface area (TPSA) is 118 Å². The molecule has 2 rings (SSSR count). The Morgan fingerprint density at radius 2 is 1.96 bits per heavy atom. The van der Waals surface area contributed by atoms with E-state index in [9.17, 15) is 14.4 Å². The van der Waals surface area contributed by atoms with Crippen LogP contribution in [0.15, 0.2) is 47.1 Å². The standard InChI is InChI=1S/C19H22N2O6/c1-19(2,18(24)25)8-9-20-16(22)12-27-14-6-3-5-13(11-14)21-17(23)15-7-4-10-26-15/h3-7,10-11H,8-9,12H2,1-2H3,(H,20,22)(H,21,23)(H,24,25). The number of carboxylic acids is 1. The van der Waals surface area contributed by atoms with Gasteiger partial charge in [-0.3, -0.25) is 14.4 Å². The van der Waals surface area contributed by atoms with Crippen molar-refractivity contribution in [2.24, 2.45) is 5.41 Å². The maximum absolute atomic E-state index is 11.9. The highest BCUT2D eigenvalue weighted by Gasteiger charge is 2.26. The molecule has 0 atom stereocenters. The van der Waals surface area contributed by atoms with Gasteiger partial charge in [0.05, 0.1) is 11.7 Å².